The van der Waals surface area contributed by atoms with Crippen LogP contribution in [0.15, 0.2) is 6.07 Å². The van der Waals surface area contributed by atoms with Gasteiger partial charge in [-0.2, -0.15) is 0 Å². The van der Waals surface area contributed by atoms with E-state index in [1.807, 2.05) is 26.8 Å². The highest BCUT2D eigenvalue weighted by Gasteiger charge is 2.07. The molecule has 17 heavy (non-hydrogen) atoms. The van der Waals surface area contributed by atoms with E-state index in [1.165, 1.54) is 0 Å². The molecule has 1 heterocycles. The van der Waals surface area contributed by atoms with Gasteiger partial charge in [0.05, 0.1) is 12.6 Å². The zero-order valence-corrected chi connectivity index (χ0v) is 10.8. The van der Waals surface area contributed by atoms with Crippen molar-refractivity contribution in [2.75, 3.05) is 23.8 Å². The van der Waals surface area contributed by atoms with Crippen molar-refractivity contribution in [1.82, 2.24) is 9.97 Å². The van der Waals surface area contributed by atoms with E-state index in [-0.39, 0.29) is 12.6 Å². The third-order valence-corrected chi connectivity index (χ3v) is 2.51. The van der Waals surface area contributed by atoms with Crippen molar-refractivity contribution in [2.45, 2.75) is 39.7 Å². The fourth-order valence-corrected chi connectivity index (χ4v) is 1.49. The van der Waals surface area contributed by atoms with Gasteiger partial charge in [0.15, 0.2) is 0 Å². The van der Waals surface area contributed by atoms with Gasteiger partial charge in [-0.25, -0.2) is 9.97 Å². The number of aliphatic hydroxyl groups is 1. The van der Waals surface area contributed by atoms with Crippen LogP contribution < -0.4 is 10.6 Å². The highest BCUT2D eigenvalue weighted by Crippen LogP contribution is 2.13. The summed E-state index contributed by atoms with van der Waals surface area (Å²) in [7, 11) is 0. The highest BCUT2D eigenvalue weighted by atomic mass is 16.3. The second-order valence-electron chi connectivity index (χ2n) is 3.87. The number of rotatable bonds is 7. The molecule has 1 aromatic rings. The predicted molar refractivity (Wildman–Crippen MR) is 70.4 cm³/mol. The molecular weight excluding hydrogens is 216 g/mol. The SMILES string of the molecule is CCNc1cc(NC(CC)CO)nc(CC)n1. The summed E-state index contributed by atoms with van der Waals surface area (Å²) in [6.07, 6.45) is 1.66. The first-order valence-corrected chi connectivity index (χ1v) is 6.22. The largest absolute Gasteiger partial charge is 0.394 e. The smallest absolute Gasteiger partial charge is 0.132 e. The number of nitrogens with one attached hydrogen (secondary N) is 2. The van der Waals surface area contributed by atoms with Crippen LogP contribution in [0.1, 0.15) is 33.0 Å². The monoisotopic (exact) mass is 238 g/mol. The summed E-state index contributed by atoms with van der Waals surface area (Å²) in [6.45, 7) is 7.03. The quantitative estimate of drug-likeness (QED) is 0.674. The molecule has 0 saturated heterocycles. The minimum atomic E-state index is 0.0454. The number of hydrogen-bond acceptors (Lipinski definition) is 5. The van der Waals surface area contributed by atoms with E-state index in [9.17, 15) is 0 Å². The second kappa shape index (κ2) is 7.06. The summed E-state index contributed by atoms with van der Waals surface area (Å²) in [4.78, 5) is 8.77. The molecule has 5 nitrogen and oxygen atoms in total. The molecular formula is C12H22N4O. The summed E-state index contributed by atoms with van der Waals surface area (Å²) in [5, 5.41) is 15.6. The summed E-state index contributed by atoms with van der Waals surface area (Å²) in [6, 6.07) is 1.92. The van der Waals surface area contributed by atoms with E-state index in [0.29, 0.717) is 0 Å². The molecule has 1 atom stereocenters. The first kappa shape index (κ1) is 13.7. The lowest BCUT2D eigenvalue weighted by Crippen LogP contribution is -2.23. The Kier molecular flexibility index (Phi) is 5.69. The number of aromatic nitrogens is 2. The van der Waals surface area contributed by atoms with Crippen LogP contribution >= 0.6 is 0 Å². The molecule has 0 saturated carbocycles. The van der Waals surface area contributed by atoms with Crippen molar-refractivity contribution in [2.24, 2.45) is 0 Å². The molecule has 5 heteroatoms. The molecule has 0 fully saturated rings. The van der Waals surface area contributed by atoms with Gasteiger partial charge in [0.2, 0.25) is 0 Å². The van der Waals surface area contributed by atoms with Crippen molar-refractivity contribution < 1.29 is 5.11 Å². The third-order valence-electron chi connectivity index (χ3n) is 2.51. The average molecular weight is 238 g/mol. The van der Waals surface area contributed by atoms with Crippen LogP contribution in [0, 0.1) is 0 Å². The number of aliphatic hydroxyl groups excluding tert-OH is 1. The molecule has 0 aromatic carbocycles. The fourth-order valence-electron chi connectivity index (χ4n) is 1.49. The van der Waals surface area contributed by atoms with Gasteiger partial charge in [-0.15, -0.1) is 0 Å². The predicted octanol–water partition coefficient (Wildman–Crippen LogP) is 1.65. The van der Waals surface area contributed by atoms with Crippen molar-refractivity contribution in [3.05, 3.63) is 11.9 Å². The molecule has 96 valence electrons. The van der Waals surface area contributed by atoms with E-state index >= 15 is 0 Å². The van der Waals surface area contributed by atoms with Crippen molar-refractivity contribution in [3.63, 3.8) is 0 Å². The first-order valence-electron chi connectivity index (χ1n) is 6.22. The van der Waals surface area contributed by atoms with Crippen LogP contribution in [0.25, 0.3) is 0 Å². The van der Waals surface area contributed by atoms with Gasteiger partial charge in [0, 0.05) is 19.0 Å². The van der Waals surface area contributed by atoms with Crippen molar-refractivity contribution in [1.29, 1.82) is 0 Å². The molecule has 1 aromatic heterocycles. The van der Waals surface area contributed by atoms with Crippen molar-refractivity contribution >= 4 is 11.6 Å². The van der Waals surface area contributed by atoms with Gasteiger partial charge >= 0.3 is 0 Å². The number of nitrogens with zero attached hydrogens (tertiary/aromatic N) is 2. The lowest BCUT2D eigenvalue weighted by Gasteiger charge is -2.16. The van der Waals surface area contributed by atoms with Crippen LogP contribution in [0.3, 0.4) is 0 Å². The van der Waals surface area contributed by atoms with E-state index < -0.39 is 0 Å². The van der Waals surface area contributed by atoms with Gasteiger partial charge in [0.25, 0.3) is 0 Å². The Labute approximate surface area is 103 Å². The molecule has 1 unspecified atom stereocenters. The maximum atomic E-state index is 9.16. The molecule has 3 N–H and O–H groups in total. The van der Waals surface area contributed by atoms with Gasteiger partial charge in [-0.3, -0.25) is 0 Å². The Morgan fingerprint density at radius 2 is 1.94 bits per heavy atom. The zero-order valence-electron chi connectivity index (χ0n) is 10.8. The third kappa shape index (κ3) is 4.19. The van der Waals surface area contributed by atoms with E-state index in [0.717, 1.165) is 36.8 Å². The van der Waals surface area contributed by atoms with Crippen LogP contribution in [0.4, 0.5) is 11.6 Å². The molecule has 1 rings (SSSR count). The van der Waals surface area contributed by atoms with Crippen LogP contribution in [-0.2, 0) is 6.42 Å². The van der Waals surface area contributed by atoms with Crippen molar-refractivity contribution in [3.8, 4) is 0 Å². The Bertz CT molecular complexity index is 339. The molecule has 0 aliphatic carbocycles. The topological polar surface area (TPSA) is 70.1 Å². The average Bonchev–Trinajstić information content (AvgIpc) is 2.36. The van der Waals surface area contributed by atoms with Crippen LogP contribution in [0.5, 0.6) is 0 Å². The molecule has 0 radical (unpaired) electrons. The normalized spacial score (nSPS) is 12.2. The molecule has 0 aliphatic heterocycles. The molecule has 0 bridgehead atoms. The molecule has 0 aliphatic rings. The zero-order chi connectivity index (χ0) is 12.7. The molecule has 0 amide bonds. The standard InChI is InChI=1S/C12H22N4O/c1-4-9(8-17)14-12-7-11(13-6-3)15-10(5-2)16-12/h7,9,17H,4-6,8H2,1-3H3,(H2,13,14,15,16). The maximum Gasteiger partial charge on any atom is 0.132 e. The summed E-state index contributed by atoms with van der Waals surface area (Å²) in [5.41, 5.74) is 0. The summed E-state index contributed by atoms with van der Waals surface area (Å²) in [5.74, 6) is 2.40. The Hall–Kier alpha value is -1.36. The fraction of sp³-hybridized carbons (Fsp3) is 0.667. The Morgan fingerprint density at radius 1 is 1.24 bits per heavy atom. The van der Waals surface area contributed by atoms with Gasteiger partial charge in [0.1, 0.15) is 17.5 Å². The highest BCUT2D eigenvalue weighted by molar-refractivity contribution is 5.48. The minimum absolute atomic E-state index is 0.0454. The van der Waals surface area contributed by atoms with Gasteiger partial charge in [-0.05, 0) is 13.3 Å². The van der Waals surface area contributed by atoms with Gasteiger partial charge < -0.3 is 15.7 Å². The Morgan fingerprint density at radius 3 is 2.47 bits per heavy atom. The first-order chi connectivity index (χ1) is 8.23. The van der Waals surface area contributed by atoms with E-state index in [2.05, 4.69) is 20.6 Å². The molecule has 0 spiro atoms. The second-order valence-corrected chi connectivity index (χ2v) is 3.87. The van der Waals surface area contributed by atoms with Gasteiger partial charge in [-0.1, -0.05) is 13.8 Å². The van der Waals surface area contributed by atoms with Crippen LogP contribution in [-0.4, -0.2) is 34.3 Å². The summed E-state index contributed by atoms with van der Waals surface area (Å²) < 4.78 is 0. The Balaban J connectivity index is 2.85. The maximum absolute atomic E-state index is 9.16. The summed E-state index contributed by atoms with van der Waals surface area (Å²) >= 11 is 0. The lowest BCUT2D eigenvalue weighted by atomic mass is 10.2. The minimum Gasteiger partial charge on any atom is -0.394 e. The number of aryl methyl sites for hydroxylation is 1. The van der Waals surface area contributed by atoms with E-state index in [4.69, 9.17) is 5.11 Å². The lowest BCUT2D eigenvalue weighted by molar-refractivity contribution is 0.271. The van der Waals surface area contributed by atoms with E-state index in [1.54, 1.807) is 0 Å². The number of anilines is 2. The van der Waals surface area contributed by atoms with Crippen LogP contribution in [0.2, 0.25) is 0 Å². The number of hydrogen-bond donors (Lipinski definition) is 3.